The summed E-state index contributed by atoms with van der Waals surface area (Å²) in [4.78, 5) is 83.5. The van der Waals surface area contributed by atoms with E-state index in [0.29, 0.717) is 85.4 Å². The number of amides is 6. The molecule has 0 radical (unpaired) electrons. The van der Waals surface area contributed by atoms with Crippen molar-refractivity contribution < 1.29 is 33.5 Å². The zero-order valence-electron chi connectivity index (χ0n) is 37.0. The van der Waals surface area contributed by atoms with Gasteiger partial charge in [0.15, 0.2) is 0 Å². The maximum Gasteiger partial charge on any atom is 0.247 e. The van der Waals surface area contributed by atoms with E-state index in [1.165, 1.54) is 21.1 Å². The predicted molar refractivity (Wildman–Crippen MR) is 229 cm³/mol. The minimum Gasteiger partial charge on any atom is -0.495 e. The number of rotatable bonds is 9. The van der Waals surface area contributed by atoms with Crippen LogP contribution in [0.3, 0.4) is 0 Å². The van der Waals surface area contributed by atoms with Gasteiger partial charge in [-0.25, -0.2) is 9.36 Å². The van der Waals surface area contributed by atoms with Crippen LogP contribution in [-0.2, 0) is 41.9 Å². The van der Waals surface area contributed by atoms with Crippen LogP contribution in [0.25, 0.3) is 22.5 Å². The van der Waals surface area contributed by atoms with Gasteiger partial charge in [0.25, 0.3) is 0 Å². The maximum atomic E-state index is 14.8. The Balaban J connectivity index is 1.66. The average molecular weight is 862 g/mol. The van der Waals surface area contributed by atoms with Gasteiger partial charge in [-0.15, -0.1) is 10.2 Å². The van der Waals surface area contributed by atoms with Crippen LogP contribution >= 0.6 is 0 Å². The number of fused-ring (bicyclic) bond motifs is 6. The molecule has 0 saturated heterocycles. The van der Waals surface area contributed by atoms with E-state index in [2.05, 4.69) is 57.8 Å². The molecule has 0 aliphatic carbocycles. The van der Waals surface area contributed by atoms with Crippen molar-refractivity contribution in [2.24, 2.45) is 11.8 Å². The Bertz CT molecular complexity index is 2060. The molecule has 0 unspecified atom stereocenters. The molecule has 6 amide bonds. The van der Waals surface area contributed by atoms with Gasteiger partial charge in [-0.1, -0.05) is 38.1 Å². The fourth-order valence-corrected chi connectivity index (χ4v) is 7.89. The van der Waals surface area contributed by atoms with Gasteiger partial charge in [0.05, 0.1) is 36.9 Å². The van der Waals surface area contributed by atoms with Crippen LogP contribution in [0.15, 0.2) is 24.5 Å². The molecule has 0 spiro atoms. The number of aryl methyl sites for hydroxylation is 2. The number of nitrogens with one attached hydrogen (secondary N) is 7. The van der Waals surface area contributed by atoms with Crippen LogP contribution in [0.2, 0.25) is 0 Å². The quantitative estimate of drug-likeness (QED) is 0.160. The molecule has 1 aromatic carbocycles. The summed E-state index contributed by atoms with van der Waals surface area (Å²) in [6, 6.07) is -2.66. The fourth-order valence-electron chi connectivity index (χ4n) is 7.89. The molecule has 2 aromatic heterocycles. The van der Waals surface area contributed by atoms with Crippen LogP contribution in [0.1, 0.15) is 97.6 Å². The van der Waals surface area contributed by atoms with E-state index >= 15 is 0 Å². The second-order valence-electron chi connectivity index (χ2n) is 16.9. The number of nitrogens with zero attached hydrogens (tertiary/aromatic N) is 6. The first kappa shape index (κ1) is 47.1. The van der Waals surface area contributed by atoms with Crippen molar-refractivity contribution in [1.29, 1.82) is 0 Å². The van der Waals surface area contributed by atoms with Crippen molar-refractivity contribution in [1.82, 2.24) is 67.2 Å². The third kappa shape index (κ3) is 11.7. The van der Waals surface area contributed by atoms with E-state index in [-0.39, 0.29) is 36.5 Å². The van der Waals surface area contributed by atoms with Crippen molar-refractivity contribution in [3.63, 3.8) is 0 Å². The first-order valence-electron chi connectivity index (χ1n) is 21.6. The third-order valence-electron chi connectivity index (χ3n) is 11.2. The van der Waals surface area contributed by atoms with Gasteiger partial charge in [0.1, 0.15) is 36.0 Å². The summed E-state index contributed by atoms with van der Waals surface area (Å²) < 4.78 is 9.53. The normalized spacial score (nSPS) is 22.4. The number of benzene rings is 1. The maximum absolute atomic E-state index is 14.8. The van der Waals surface area contributed by atoms with Crippen molar-refractivity contribution in [2.45, 2.75) is 135 Å². The van der Waals surface area contributed by atoms with E-state index < -0.39 is 59.9 Å². The topological polar surface area (TPSA) is 257 Å². The smallest absolute Gasteiger partial charge is 0.247 e. The van der Waals surface area contributed by atoms with Gasteiger partial charge in [-0.3, -0.25) is 28.8 Å². The number of ether oxygens (including phenoxy) is 1. The number of carbonyl (C=O) groups excluding carboxylic acids is 6. The molecule has 4 heterocycles. The first-order valence-corrected chi connectivity index (χ1v) is 21.6. The summed E-state index contributed by atoms with van der Waals surface area (Å²) in [5.41, 5.74) is 2.44. The van der Waals surface area contributed by atoms with Gasteiger partial charge in [0.2, 0.25) is 35.4 Å². The average Bonchev–Trinajstić information content (AvgIpc) is 3.91. The molecule has 3 aromatic rings. The van der Waals surface area contributed by atoms with Crippen LogP contribution in [0, 0.1) is 11.8 Å². The summed E-state index contributed by atoms with van der Waals surface area (Å²) in [5, 5.41) is 37.1. The lowest BCUT2D eigenvalue weighted by Crippen LogP contribution is -2.57. The molecule has 0 saturated carbocycles. The summed E-state index contributed by atoms with van der Waals surface area (Å²) in [6.45, 7) is 10.1. The second-order valence-corrected chi connectivity index (χ2v) is 16.9. The molecular weight excluding hydrogens is 799 g/mol. The van der Waals surface area contributed by atoms with Crippen LogP contribution in [0.5, 0.6) is 5.75 Å². The zero-order chi connectivity index (χ0) is 45.1. The minimum atomic E-state index is -1.44. The largest absolute Gasteiger partial charge is 0.495 e. The van der Waals surface area contributed by atoms with E-state index in [1.807, 2.05) is 27.7 Å². The van der Waals surface area contributed by atoms with Gasteiger partial charge in [-0.05, 0) is 94.9 Å². The van der Waals surface area contributed by atoms with E-state index in [0.717, 1.165) is 0 Å². The molecule has 0 fully saturated rings. The van der Waals surface area contributed by atoms with Crippen molar-refractivity contribution >= 4 is 35.4 Å². The lowest BCUT2D eigenvalue weighted by molar-refractivity contribution is -0.135. The van der Waals surface area contributed by atoms with E-state index in [1.54, 1.807) is 40.9 Å². The molecular formula is C42H63N13O7. The van der Waals surface area contributed by atoms with Gasteiger partial charge in [-0.2, -0.15) is 0 Å². The number of hydrogen-bond donors (Lipinski definition) is 7. The molecule has 2 aliphatic heterocycles. The lowest BCUT2D eigenvalue weighted by Gasteiger charge is -2.28. The fraction of sp³-hybridized carbons (Fsp3) is 0.619. The molecule has 5 rings (SSSR count). The van der Waals surface area contributed by atoms with Crippen molar-refractivity contribution in [3.8, 4) is 28.3 Å². The number of methoxy groups -OCH3 is 1. The Kier molecular flexibility index (Phi) is 16.5. The van der Waals surface area contributed by atoms with Gasteiger partial charge >= 0.3 is 0 Å². The highest BCUT2D eigenvalue weighted by molar-refractivity contribution is 5.97. The Morgan fingerprint density at radius 2 is 1.40 bits per heavy atom. The highest BCUT2D eigenvalue weighted by atomic mass is 16.5. The molecule has 338 valence electrons. The van der Waals surface area contributed by atoms with Crippen molar-refractivity contribution in [2.75, 3.05) is 21.2 Å². The molecule has 6 atom stereocenters. The Morgan fingerprint density at radius 1 is 0.790 bits per heavy atom. The highest BCUT2D eigenvalue weighted by Crippen LogP contribution is 2.41. The van der Waals surface area contributed by atoms with E-state index in [9.17, 15) is 28.8 Å². The van der Waals surface area contributed by atoms with Crippen LogP contribution in [-0.4, -0.2) is 117 Å². The Morgan fingerprint density at radius 3 is 1.95 bits per heavy atom. The molecule has 20 nitrogen and oxygen atoms in total. The SMILES string of the molecule is CNC(=O)[C@@H]1CCCCn2nncc2-c2cc3cc(c2OC)-c2cnnn2CCCC[C@@H](NC(=O)[C@@H](CC(C)C)NC)C(=O)N[C@@H](C)C(=O)N[C@H]3C(=O)N[C@H](CC(C)C)C(=O)N1. The molecule has 3 bridgehead atoms. The van der Waals surface area contributed by atoms with Gasteiger partial charge in [0, 0.05) is 31.3 Å². The standard InChI is InChI=1S/C42H63N13O7/c1-23(2)17-31(43-6)40(59)49-30-14-10-12-16-55-34(22-46-53-55)28-20-26-19-27(36(28)62-8)33-21-45-52-54(33)15-11-9-13-29(38(57)44-7)48-41(60)32(18-24(3)4)50-42(61)35(26)51-37(56)25(5)47-39(30)58/h19-25,29-32,35,43H,9-18H2,1-8H3,(H,44,57)(H,47,58)(H,48,60)(H,49,59)(H,50,61)(H,51,56)/t25-,29-,30+,31+,32+,35+/m0/s1. The predicted octanol–water partition coefficient (Wildman–Crippen LogP) is 1.12. The molecule has 7 N–H and O–H groups in total. The molecule has 2 aliphatic rings. The first-order chi connectivity index (χ1) is 29.6. The van der Waals surface area contributed by atoms with E-state index in [4.69, 9.17) is 4.74 Å². The van der Waals surface area contributed by atoms with Crippen molar-refractivity contribution in [3.05, 3.63) is 30.1 Å². The summed E-state index contributed by atoms with van der Waals surface area (Å²) in [7, 11) is 4.71. The van der Waals surface area contributed by atoms with Gasteiger partial charge < -0.3 is 42.0 Å². The molecule has 62 heavy (non-hydrogen) atoms. The summed E-state index contributed by atoms with van der Waals surface area (Å²) in [6.07, 6.45) is 6.71. The highest BCUT2D eigenvalue weighted by Gasteiger charge is 2.35. The van der Waals surface area contributed by atoms with Crippen LogP contribution in [0.4, 0.5) is 0 Å². The number of carbonyl (C=O) groups is 6. The zero-order valence-corrected chi connectivity index (χ0v) is 37.0. The third-order valence-corrected chi connectivity index (χ3v) is 11.2. The monoisotopic (exact) mass is 861 g/mol. The Hall–Kier alpha value is -5.92. The lowest BCUT2D eigenvalue weighted by atomic mass is 9.94. The second kappa shape index (κ2) is 21.7. The number of hydrogen-bond acceptors (Lipinski definition) is 12. The minimum absolute atomic E-state index is 0.0566. The molecule has 20 heteroatoms. The summed E-state index contributed by atoms with van der Waals surface area (Å²) in [5.74, 6) is -2.71. The Labute approximate surface area is 362 Å². The summed E-state index contributed by atoms with van der Waals surface area (Å²) >= 11 is 0. The number of aromatic nitrogens is 6. The van der Waals surface area contributed by atoms with Crippen LogP contribution < -0.4 is 42.0 Å². The number of likely N-dealkylation sites (N-methyl/N-ethyl adjacent to an activating group) is 2.